The van der Waals surface area contributed by atoms with Gasteiger partial charge in [0, 0.05) is 38.4 Å². The Morgan fingerprint density at radius 1 is 1.07 bits per heavy atom. The summed E-state index contributed by atoms with van der Waals surface area (Å²) >= 11 is 0. The van der Waals surface area contributed by atoms with E-state index >= 15 is 0 Å². The molecule has 242 valence electrons. The number of likely N-dealkylation sites (N-methyl/N-ethyl adjacent to an activating group) is 1. The van der Waals surface area contributed by atoms with Crippen molar-refractivity contribution in [1.29, 1.82) is 0 Å². The number of amides is 2. The molecule has 1 aliphatic carbocycles. The number of nitrogens with one attached hydrogen (secondary N) is 2. The zero-order chi connectivity index (χ0) is 31.3. The second-order valence-corrected chi connectivity index (χ2v) is 10.8. The summed E-state index contributed by atoms with van der Waals surface area (Å²) < 4.78 is 21.8. The molecule has 1 atom stereocenters. The van der Waals surface area contributed by atoms with E-state index in [1.807, 2.05) is 6.92 Å². The number of carbonyl (C=O) groups excluding carboxylic acids is 2. The predicted octanol–water partition coefficient (Wildman–Crippen LogP) is 2.89. The molecular formula is C31H46N6O7. The van der Waals surface area contributed by atoms with Gasteiger partial charge in [0.1, 0.15) is 17.5 Å². The molecule has 0 saturated heterocycles. The van der Waals surface area contributed by atoms with E-state index in [4.69, 9.17) is 29.0 Å². The summed E-state index contributed by atoms with van der Waals surface area (Å²) in [6.45, 7) is 5.17. The standard InChI is InChI=1S/C31H46N6O7/c1-4-25-30(40)36(2)26-21-33-31(35-28(26)37(25)23-8-5-6-9-23)34-24-11-10-22(20-27(24)41-3)29(39)32-12-15-43-17-19-44-18-16-42-14-7-13-38/h10-11,20-21,23,25,38H,4-9,12-19H2,1-3H3,(H,32,39)(H,33,34,35)/t25-/m1/s1. The largest absolute Gasteiger partial charge is 0.495 e. The molecular weight excluding hydrogens is 568 g/mol. The number of nitrogens with zero attached hydrogens (tertiary/aromatic N) is 4. The topological polar surface area (TPSA) is 148 Å². The maximum absolute atomic E-state index is 13.2. The van der Waals surface area contributed by atoms with Crippen molar-refractivity contribution in [2.75, 3.05) is 82.1 Å². The third-order valence-corrected chi connectivity index (χ3v) is 7.85. The van der Waals surface area contributed by atoms with E-state index in [1.54, 1.807) is 43.5 Å². The van der Waals surface area contributed by atoms with E-state index in [0.717, 1.165) is 31.5 Å². The summed E-state index contributed by atoms with van der Waals surface area (Å²) in [5.74, 6) is 1.44. The minimum atomic E-state index is -0.252. The second kappa shape index (κ2) is 17.1. The highest BCUT2D eigenvalue weighted by atomic mass is 16.5. The van der Waals surface area contributed by atoms with Crippen LogP contribution in [0.15, 0.2) is 24.4 Å². The van der Waals surface area contributed by atoms with Gasteiger partial charge >= 0.3 is 0 Å². The summed E-state index contributed by atoms with van der Waals surface area (Å²) in [4.78, 5) is 39.1. The lowest BCUT2D eigenvalue weighted by atomic mass is 10.0. The van der Waals surface area contributed by atoms with Crippen LogP contribution in [-0.2, 0) is 19.0 Å². The SMILES string of the molecule is CC[C@@H]1C(=O)N(C)c2cnc(Nc3ccc(C(=O)NCCOCCOCCOCCCO)cc3OC)nc2N1C1CCCC1. The number of rotatable bonds is 18. The molecule has 2 amide bonds. The molecule has 1 aromatic carbocycles. The molecule has 0 unspecified atom stereocenters. The normalized spacial score (nSPS) is 16.7. The summed E-state index contributed by atoms with van der Waals surface area (Å²) in [6.07, 6.45) is 7.39. The second-order valence-electron chi connectivity index (χ2n) is 10.8. The van der Waals surface area contributed by atoms with Crippen LogP contribution in [0, 0.1) is 0 Å². The number of benzene rings is 1. The zero-order valence-corrected chi connectivity index (χ0v) is 26.0. The molecule has 2 aromatic rings. The predicted molar refractivity (Wildman–Crippen MR) is 167 cm³/mol. The van der Waals surface area contributed by atoms with E-state index < -0.39 is 0 Å². The van der Waals surface area contributed by atoms with Gasteiger partial charge in [0.2, 0.25) is 11.9 Å². The molecule has 0 bridgehead atoms. The zero-order valence-electron chi connectivity index (χ0n) is 26.0. The summed E-state index contributed by atoms with van der Waals surface area (Å²) in [5.41, 5.74) is 1.76. The number of aliphatic hydroxyl groups is 1. The number of carbonyl (C=O) groups is 2. The van der Waals surface area contributed by atoms with E-state index in [9.17, 15) is 9.59 Å². The van der Waals surface area contributed by atoms with Crippen LogP contribution in [0.2, 0.25) is 0 Å². The fraction of sp³-hybridized carbons (Fsp3) is 0.613. The van der Waals surface area contributed by atoms with Crippen molar-refractivity contribution in [2.24, 2.45) is 0 Å². The number of methoxy groups -OCH3 is 1. The first-order valence-corrected chi connectivity index (χ1v) is 15.5. The first-order chi connectivity index (χ1) is 21.5. The summed E-state index contributed by atoms with van der Waals surface area (Å²) in [5, 5.41) is 14.8. The molecule has 2 aliphatic rings. The van der Waals surface area contributed by atoms with Gasteiger partial charge in [-0.05, 0) is 43.9 Å². The van der Waals surface area contributed by atoms with Crippen LogP contribution in [-0.4, -0.2) is 106 Å². The molecule has 13 nitrogen and oxygen atoms in total. The number of fused-ring (bicyclic) bond motifs is 1. The highest BCUT2D eigenvalue weighted by Gasteiger charge is 2.41. The van der Waals surface area contributed by atoms with Crippen molar-refractivity contribution in [2.45, 2.75) is 57.5 Å². The fourth-order valence-electron chi connectivity index (χ4n) is 5.55. The number of ether oxygens (including phenoxy) is 4. The molecule has 1 fully saturated rings. The van der Waals surface area contributed by atoms with Gasteiger partial charge in [-0.3, -0.25) is 9.59 Å². The van der Waals surface area contributed by atoms with Crippen molar-refractivity contribution in [1.82, 2.24) is 15.3 Å². The van der Waals surface area contributed by atoms with Gasteiger partial charge in [0.05, 0.1) is 52.0 Å². The van der Waals surface area contributed by atoms with Crippen molar-refractivity contribution in [3.05, 3.63) is 30.0 Å². The average Bonchev–Trinajstić information content (AvgIpc) is 3.58. The first kappa shape index (κ1) is 33.4. The van der Waals surface area contributed by atoms with E-state index in [-0.39, 0.29) is 30.5 Å². The van der Waals surface area contributed by atoms with Crippen LogP contribution in [0.1, 0.15) is 55.8 Å². The number of aliphatic hydroxyl groups excluding tert-OH is 1. The molecule has 44 heavy (non-hydrogen) atoms. The average molecular weight is 615 g/mol. The number of anilines is 4. The Labute approximate surface area is 259 Å². The molecule has 4 rings (SSSR count). The van der Waals surface area contributed by atoms with Crippen molar-refractivity contribution < 1.29 is 33.6 Å². The highest BCUT2D eigenvalue weighted by Crippen LogP contribution is 2.40. The van der Waals surface area contributed by atoms with Gasteiger partial charge in [-0.15, -0.1) is 0 Å². The molecule has 13 heteroatoms. The maximum Gasteiger partial charge on any atom is 0.251 e. The number of hydrogen-bond acceptors (Lipinski definition) is 11. The quantitative estimate of drug-likeness (QED) is 0.213. The first-order valence-electron chi connectivity index (χ1n) is 15.5. The van der Waals surface area contributed by atoms with E-state index in [2.05, 4.69) is 20.5 Å². The third kappa shape index (κ3) is 8.56. The van der Waals surface area contributed by atoms with Crippen molar-refractivity contribution in [3.63, 3.8) is 0 Å². The van der Waals surface area contributed by atoms with E-state index in [1.165, 1.54) is 0 Å². The van der Waals surface area contributed by atoms with Crippen LogP contribution in [0.5, 0.6) is 5.75 Å². The van der Waals surface area contributed by atoms with Crippen LogP contribution >= 0.6 is 0 Å². The number of aromatic nitrogens is 2. The van der Waals surface area contributed by atoms with Crippen molar-refractivity contribution >= 4 is 35.0 Å². The Kier molecular flexibility index (Phi) is 13.0. The Morgan fingerprint density at radius 3 is 2.45 bits per heavy atom. The van der Waals surface area contributed by atoms with Gasteiger partial charge < -0.3 is 44.5 Å². The monoisotopic (exact) mass is 614 g/mol. The molecule has 1 aliphatic heterocycles. The molecule has 1 saturated carbocycles. The molecule has 1 aromatic heterocycles. The lowest BCUT2D eigenvalue weighted by molar-refractivity contribution is -0.120. The van der Waals surface area contributed by atoms with Crippen LogP contribution < -0.4 is 25.2 Å². The van der Waals surface area contributed by atoms with E-state index in [0.29, 0.717) is 87.7 Å². The molecule has 0 radical (unpaired) electrons. The highest BCUT2D eigenvalue weighted by molar-refractivity contribution is 6.04. The van der Waals surface area contributed by atoms with Gasteiger partial charge in [-0.1, -0.05) is 19.8 Å². The van der Waals surface area contributed by atoms with Crippen molar-refractivity contribution in [3.8, 4) is 5.75 Å². The minimum Gasteiger partial charge on any atom is -0.495 e. The van der Waals surface area contributed by atoms with Crippen LogP contribution in [0.3, 0.4) is 0 Å². The maximum atomic E-state index is 13.2. The van der Waals surface area contributed by atoms with Gasteiger partial charge in [-0.2, -0.15) is 4.98 Å². The lowest BCUT2D eigenvalue weighted by Gasteiger charge is -2.43. The number of hydrogen-bond donors (Lipinski definition) is 3. The Balaban J connectivity index is 1.31. The van der Waals surface area contributed by atoms with Gasteiger partial charge in [0.25, 0.3) is 5.91 Å². The molecule has 2 heterocycles. The summed E-state index contributed by atoms with van der Waals surface area (Å²) in [7, 11) is 3.32. The molecule has 3 N–H and O–H groups in total. The van der Waals surface area contributed by atoms with Gasteiger partial charge in [-0.25, -0.2) is 4.98 Å². The van der Waals surface area contributed by atoms with Crippen LogP contribution in [0.25, 0.3) is 0 Å². The van der Waals surface area contributed by atoms with Crippen LogP contribution in [0.4, 0.5) is 23.1 Å². The minimum absolute atomic E-state index is 0.0694. The third-order valence-electron chi connectivity index (χ3n) is 7.85. The lowest BCUT2D eigenvalue weighted by Crippen LogP contribution is -2.55. The smallest absolute Gasteiger partial charge is 0.251 e. The van der Waals surface area contributed by atoms with Gasteiger partial charge in [0.15, 0.2) is 5.82 Å². The summed E-state index contributed by atoms with van der Waals surface area (Å²) in [6, 6.07) is 5.16. The Hall–Kier alpha value is -3.52. The fourth-order valence-corrected chi connectivity index (χ4v) is 5.55. The Morgan fingerprint density at radius 2 is 1.77 bits per heavy atom. The Bertz CT molecular complexity index is 1230. The molecule has 0 spiro atoms.